The van der Waals surface area contributed by atoms with Crippen molar-refractivity contribution in [3.05, 3.63) is 54.1 Å². The Morgan fingerprint density at radius 1 is 0.949 bits per heavy atom. The van der Waals surface area contributed by atoms with E-state index in [1.807, 2.05) is 19.9 Å². The van der Waals surface area contributed by atoms with Crippen LogP contribution in [0.1, 0.15) is 25.8 Å². The molecular weight excluding hydrogens is 497 g/mol. The number of benzene rings is 2. The third kappa shape index (κ3) is 5.73. The van der Waals surface area contributed by atoms with Gasteiger partial charge in [0.05, 0.1) is 30.5 Å². The predicted octanol–water partition coefficient (Wildman–Crippen LogP) is 3.58. The molecule has 0 radical (unpaired) electrons. The molecule has 2 N–H and O–H groups in total. The fourth-order valence-electron chi connectivity index (χ4n) is 5.82. The Balaban J connectivity index is 1.14. The molecule has 0 spiro atoms. The van der Waals surface area contributed by atoms with Crippen molar-refractivity contribution in [2.45, 2.75) is 38.8 Å². The smallest absolute Gasteiger partial charge is 0.246 e. The fourth-order valence-corrected chi connectivity index (χ4v) is 5.82. The van der Waals surface area contributed by atoms with Crippen molar-refractivity contribution >= 4 is 23.0 Å². The zero-order valence-corrected chi connectivity index (χ0v) is 23.0. The van der Waals surface area contributed by atoms with Gasteiger partial charge in [0.25, 0.3) is 0 Å². The van der Waals surface area contributed by atoms with Crippen LogP contribution >= 0.6 is 0 Å². The van der Waals surface area contributed by atoms with Crippen LogP contribution in [0.2, 0.25) is 0 Å². The Kier molecular flexibility index (Phi) is 6.95. The van der Waals surface area contributed by atoms with Crippen molar-refractivity contribution in [1.29, 1.82) is 0 Å². The average molecular weight is 536 g/mol. The summed E-state index contributed by atoms with van der Waals surface area (Å²) in [5, 5.41) is 18.3. The molecule has 0 aliphatic carbocycles. The van der Waals surface area contributed by atoms with Gasteiger partial charge in [-0.2, -0.15) is 4.98 Å². The minimum Gasteiger partial charge on any atom is -0.390 e. The maximum absolute atomic E-state index is 14.6. The van der Waals surface area contributed by atoms with Crippen molar-refractivity contribution < 1.29 is 14.2 Å². The molecule has 0 saturated carbocycles. The molecule has 39 heavy (non-hydrogen) atoms. The Morgan fingerprint density at radius 3 is 2.38 bits per heavy atom. The van der Waals surface area contributed by atoms with Gasteiger partial charge in [-0.15, -0.1) is 5.10 Å². The third-order valence-corrected chi connectivity index (χ3v) is 8.31. The van der Waals surface area contributed by atoms with Crippen LogP contribution in [0.15, 0.2) is 42.7 Å². The lowest BCUT2D eigenvalue weighted by atomic mass is 9.90. The van der Waals surface area contributed by atoms with E-state index in [1.54, 1.807) is 17.1 Å². The lowest BCUT2D eigenvalue weighted by molar-refractivity contribution is -0.0660. The van der Waals surface area contributed by atoms with Crippen LogP contribution in [0.25, 0.3) is 5.69 Å². The van der Waals surface area contributed by atoms with E-state index in [2.05, 4.69) is 55.2 Å². The van der Waals surface area contributed by atoms with Gasteiger partial charge in [0.2, 0.25) is 5.95 Å². The first-order valence-corrected chi connectivity index (χ1v) is 13.9. The highest BCUT2D eigenvalue weighted by molar-refractivity contribution is 5.64. The quantitative estimate of drug-likeness (QED) is 0.475. The molecule has 3 aliphatic rings. The second kappa shape index (κ2) is 10.4. The van der Waals surface area contributed by atoms with Crippen LogP contribution in [0, 0.1) is 18.7 Å². The fraction of sp³-hybridized carbons (Fsp3) is 0.517. The molecule has 4 heterocycles. The number of piperazine rings is 1. The summed E-state index contributed by atoms with van der Waals surface area (Å²) < 4.78 is 21.6. The van der Waals surface area contributed by atoms with Crippen LogP contribution < -0.4 is 15.1 Å². The number of aliphatic hydroxyl groups is 1. The summed E-state index contributed by atoms with van der Waals surface area (Å²) in [7, 11) is 0. The largest absolute Gasteiger partial charge is 0.390 e. The van der Waals surface area contributed by atoms with Crippen molar-refractivity contribution in [2.24, 2.45) is 5.92 Å². The first-order chi connectivity index (χ1) is 18.7. The molecule has 0 amide bonds. The molecule has 3 saturated heterocycles. The van der Waals surface area contributed by atoms with Crippen molar-refractivity contribution in [2.75, 3.05) is 67.6 Å². The van der Waals surface area contributed by atoms with Crippen LogP contribution in [0.4, 0.5) is 27.4 Å². The van der Waals surface area contributed by atoms with Crippen LogP contribution in [0.3, 0.4) is 0 Å². The zero-order valence-electron chi connectivity index (χ0n) is 23.0. The summed E-state index contributed by atoms with van der Waals surface area (Å²) in [5.41, 5.74) is 3.91. The van der Waals surface area contributed by atoms with Gasteiger partial charge in [-0.1, -0.05) is 0 Å². The minimum atomic E-state index is -0.757. The van der Waals surface area contributed by atoms with Gasteiger partial charge < -0.3 is 25.0 Å². The van der Waals surface area contributed by atoms with E-state index < -0.39 is 5.60 Å². The molecule has 3 aliphatic heterocycles. The number of nitrogens with one attached hydrogen (secondary N) is 1. The van der Waals surface area contributed by atoms with Crippen LogP contribution in [-0.4, -0.2) is 88.9 Å². The number of nitrogens with zero attached hydrogens (tertiary/aromatic N) is 6. The first kappa shape index (κ1) is 26.0. The molecule has 0 bridgehead atoms. The Labute approximate surface area is 229 Å². The van der Waals surface area contributed by atoms with E-state index in [4.69, 9.17) is 4.74 Å². The number of hydrogen-bond donors (Lipinski definition) is 2. The maximum Gasteiger partial charge on any atom is 0.246 e. The summed E-state index contributed by atoms with van der Waals surface area (Å²) in [6, 6.07) is 12.0. The normalized spacial score (nSPS) is 20.9. The number of anilines is 4. The van der Waals surface area contributed by atoms with E-state index in [0.717, 1.165) is 69.3 Å². The lowest BCUT2D eigenvalue weighted by Crippen LogP contribution is -2.56. The SMILES string of the molecule is Cc1cc(Nc2ncn(-c3cc(F)cc(N4CCC(C(C)(C)O)C4)c3)n2)cc(N2CCN(C3COC3)CC2)c1. The molecule has 208 valence electrons. The molecule has 1 aromatic heterocycles. The number of aryl methyl sites for hydroxylation is 1. The monoisotopic (exact) mass is 535 g/mol. The van der Waals surface area contributed by atoms with E-state index in [0.29, 0.717) is 24.2 Å². The highest BCUT2D eigenvalue weighted by Gasteiger charge is 2.34. The molecule has 9 nitrogen and oxygen atoms in total. The molecular formula is C29H38FN7O2. The summed E-state index contributed by atoms with van der Waals surface area (Å²) in [6.45, 7) is 13.0. The zero-order chi connectivity index (χ0) is 27.1. The average Bonchev–Trinajstić information content (AvgIpc) is 3.53. The molecule has 1 unspecified atom stereocenters. The Morgan fingerprint density at radius 2 is 1.69 bits per heavy atom. The molecule has 3 aromatic rings. The number of hydrogen-bond acceptors (Lipinski definition) is 8. The van der Waals surface area contributed by atoms with E-state index in [9.17, 15) is 9.50 Å². The summed E-state index contributed by atoms with van der Waals surface area (Å²) >= 11 is 0. The third-order valence-electron chi connectivity index (χ3n) is 8.31. The second-order valence-corrected chi connectivity index (χ2v) is 11.7. The number of ether oxygens (including phenoxy) is 1. The topological polar surface area (TPSA) is 81.9 Å². The van der Waals surface area contributed by atoms with Crippen LogP contribution in [-0.2, 0) is 4.74 Å². The number of rotatable bonds is 7. The highest BCUT2D eigenvalue weighted by atomic mass is 19.1. The summed E-state index contributed by atoms with van der Waals surface area (Å²) in [5.74, 6) is 0.273. The summed E-state index contributed by atoms with van der Waals surface area (Å²) in [4.78, 5) is 11.5. The van der Waals surface area contributed by atoms with Gasteiger partial charge in [-0.05, 0) is 69.2 Å². The van der Waals surface area contributed by atoms with Gasteiger partial charge >= 0.3 is 0 Å². The second-order valence-electron chi connectivity index (χ2n) is 11.7. The van der Waals surface area contributed by atoms with Crippen molar-refractivity contribution in [3.8, 4) is 5.69 Å². The maximum atomic E-state index is 14.6. The van der Waals surface area contributed by atoms with Crippen molar-refractivity contribution in [3.63, 3.8) is 0 Å². The standard InChI is InChI=1S/C29H38FN7O2/c1-20-10-23(14-24(11-20)34-6-8-35(9-7-34)27-17-39-18-27)32-28-31-19-37(33-28)26-13-22(30)12-25(15-26)36-5-4-21(16-36)29(2,3)38/h10-15,19,21,27,38H,4-9,16-18H2,1-3H3,(H,32,33). The van der Waals surface area contributed by atoms with E-state index >= 15 is 0 Å². The Bertz CT molecular complexity index is 1310. The number of halogens is 1. The molecule has 6 rings (SSSR count). The van der Waals surface area contributed by atoms with Gasteiger partial charge in [0.15, 0.2) is 0 Å². The van der Waals surface area contributed by atoms with Gasteiger partial charge in [-0.25, -0.2) is 9.07 Å². The summed E-state index contributed by atoms with van der Waals surface area (Å²) in [6.07, 6.45) is 2.47. The first-order valence-electron chi connectivity index (χ1n) is 13.9. The lowest BCUT2D eigenvalue weighted by Gasteiger charge is -2.43. The molecule has 10 heteroatoms. The van der Waals surface area contributed by atoms with E-state index in [1.165, 1.54) is 11.8 Å². The van der Waals surface area contributed by atoms with Crippen LogP contribution in [0.5, 0.6) is 0 Å². The molecule has 3 fully saturated rings. The molecule has 1 atom stereocenters. The predicted molar refractivity (Wildman–Crippen MR) is 151 cm³/mol. The van der Waals surface area contributed by atoms with Gasteiger partial charge in [0, 0.05) is 62.2 Å². The van der Waals surface area contributed by atoms with Crippen molar-refractivity contribution in [1.82, 2.24) is 19.7 Å². The van der Waals surface area contributed by atoms with E-state index in [-0.39, 0.29) is 11.7 Å². The molecule has 2 aromatic carbocycles. The minimum absolute atomic E-state index is 0.145. The Hall–Kier alpha value is -3.21. The number of aromatic nitrogens is 3. The highest BCUT2D eigenvalue weighted by Crippen LogP contribution is 2.32. The van der Waals surface area contributed by atoms with Gasteiger partial charge in [-0.3, -0.25) is 4.90 Å². The van der Waals surface area contributed by atoms with Gasteiger partial charge in [0.1, 0.15) is 12.1 Å².